The minimum absolute atomic E-state index is 0.0337. The number of nitrogens with two attached hydrogens (primary N) is 2. The van der Waals surface area contributed by atoms with E-state index in [1.54, 1.807) is 57.2 Å². The molecule has 3 heterocycles. The molecular weight excluding hydrogens is 839 g/mol. The monoisotopic (exact) mass is 899 g/mol. The lowest BCUT2D eigenvalue weighted by Crippen LogP contribution is -2.48. The highest BCUT2D eigenvalue weighted by molar-refractivity contribution is 6.01. The summed E-state index contributed by atoms with van der Waals surface area (Å²) < 4.78 is 12.4. The van der Waals surface area contributed by atoms with Gasteiger partial charge in [-0.3, -0.25) is 24.0 Å². The van der Waals surface area contributed by atoms with Crippen LogP contribution in [-0.4, -0.2) is 94.1 Å². The lowest BCUT2D eigenvalue weighted by atomic mass is 9.86. The van der Waals surface area contributed by atoms with Crippen molar-refractivity contribution in [2.75, 3.05) is 33.4 Å². The number of nitrogens with one attached hydrogen (secondary N) is 1. The van der Waals surface area contributed by atoms with Crippen LogP contribution >= 0.6 is 0 Å². The van der Waals surface area contributed by atoms with Gasteiger partial charge in [0.25, 0.3) is 0 Å². The second-order valence-electron chi connectivity index (χ2n) is 18.7. The van der Waals surface area contributed by atoms with Crippen LogP contribution in [0.2, 0.25) is 0 Å². The number of nitrogens with zero attached hydrogens (tertiary/aromatic N) is 4. The van der Waals surface area contributed by atoms with E-state index in [-0.39, 0.29) is 81.8 Å². The van der Waals surface area contributed by atoms with Crippen LogP contribution < -0.4 is 26.3 Å². The molecule has 4 aromatic rings. The van der Waals surface area contributed by atoms with Crippen LogP contribution in [0.25, 0.3) is 22.5 Å². The Balaban J connectivity index is 1.39. The third-order valence-corrected chi connectivity index (χ3v) is 12.5. The van der Waals surface area contributed by atoms with Gasteiger partial charge in [0.15, 0.2) is 23.2 Å². The summed E-state index contributed by atoms with van der Waals surface area (Å²) in [6, 6.07) is 18.0. The first-order valence-electron chi connectivity index (χ1n) is 22.4. The van der Waals surface area contributed by atoms with Gasteiger partial charge < -0.3 is 36.3 Å². The molecule has 0 saturated heterocycles. The fourth-order valence-corrected chi connectivity index (χ4v) is 8.58. The molecular formula is C51H61N7O8. The molecule has 15 heteroatoms. The van der Waals surface area contributed by atoms with E-state index in [1.165, 1.54) is 11.9 Å². The van der Waals surface area contributed by atoms with Crippen molar-refractivity contribution in [3.63, 3.8) is 0 Å². The molecule has 15 nitrogen and oxygen atoms in total. The zero-order valence-corrected chi connectivity index (χ0v) is 38.9. The van der Waals surface area contributed by atoms with E-state index in [0.717, 1.165) is 11.1 Å². The number of aliphatic hydroxyl groups is 1. The number of rotatable bonds is 12. The maximum absolute atomic E-state index is 14.8. The zero-order valence-electron chi connectivity index (χ0n) is 38.9. The SMILES string of the molecule is Cc1nc(-c2ccc(C(C)(C)C)cc2)nc(C)c1C(=O)C[C@@H](CCN)C(=O)N(C)[C@@H]1C(=O)C[C@@H](C)C(=O)N[C@H](C(=O)CCC#N)Cc2ccc3c(c2)-c2cc1ccc2OCC(O)(CN)CO3. The smallest absolute Gasteiger partial charge is 0.226 e. The van der Waals surface area contributed by atoms with Gasteiger partial charge in [-0.05, 0) is 79.6 Å². The summed E-state index contributed by atoms with van der Waals surface area (Å²) in [5, 5.41) is 23.4. The van der Waals surface area contributed by atoms with E-state index in [1.807, 2.05) is 30.3 Å². The molecule has 1 unspecified atom stereocenters. The molecule has 0 spiro atoms. The van der Waals surface area contributed by atoms with Crippen molar-refractivity contribution < 1.29 is 38.6 Å². The maximum Gasteiger partial charge on any atom is 0.226 e. The number of amides is 2. The van der Waals surface area contributed by atoms with Crippen LogP contribution in [0.5, 0.6) is 11.5 Å². The molecule has 1 aromatic heterocycles. The maximum atomic E-state index is 14.8. The Bertz CT molecular complexity index is 2520. The molecule has 2 amide bonds. The van der Waals surface area contributed by atoms with E-state index in [2.05, 4.69) is 26.1 Å². The van der Waals surface area contributed by atoms with Gasteiger partial charge in [-0.2, -0.15) is 5.26 Å². The quantitative estimate of drug-likeness (QED) is 0.130. The van der Waals surface area contributed by atoms with Crippen LogP contribution in [0.15, 0.2) is 60.7 Å². The fraction of sp³-hybridized carbons (Fsp3) is 0.451. The highest BCUT2D eigenvalue weighted by atomic mass is 16.5. The summed E-state index contributed by atoms with van der Waals surface area (Å²) in [6.45, 7) is 10.9. The van der Waals surface area contributed by atoms with Crippen LogP contribution in [0.3, 0.4) is 0 Å². The van der Waals surface area contributed by atoms with Gasteiger partial charge in [-0.1, -0.05) is 64.1 Å². The Labute approximate surface area is 386 Å². The largest absolute Gasteiger partial charge is 0.490 e. The van der Waals surface area contributed by atoms with Crippen molar-refractivity contribution in [2.45, 2.75) is 103 Å². The third kappa shape index (κ3) is 11.0. The van der Waals surface area contributed by atoms with Crippen molar-refractivity contribution in [1.29, 1.82) is 5.26 Å². The number of aromatic nitrogens is 2. The van der Waals surface area contributed by atoms with Gasteiger partial charge in [0.1, 0.15) is 36.4 Å². The van der Waals surface area contributed by atoms with Crippen molar-refractivity contribution >= 4 is 29.2 Å². The molecule has 5 atom stereocenters. The average molecular weight is 900 g/mol. The van der Waals surface area contributed by atoms with Crippen molar-refractivity contribution in [1.82, 2.24) is 20.2 Å². The first-order valence-corrected chi connectivity index (χ1v) is 22.4. The van der Waals surface area contributed by atoms with Crippen LogP contribution in [0.1, 0.15) is 104 Å². The Morgan fingerprint density at radius 2 is 1.58 bits per heavy atom. The Kier molecular flexibility index (Phi) is 15.2. The molecule has 2 aliphatic rings. The molecule has 66 heavy (non-hydrogen) atoms. The molecule has 0 aliphatic carbocycles. The topological polar surface area (TPSA) is 241 Å². The summed E-state index contributed by atoms with van der Waals surface area (Å²) in [5.41, 5.74) is 15.7. The number of aryl methyl sites for hydroxylation is 2. The average Bonchev–Trinajstić information content (AvgIpc) is 3.33. The number of likely N-dealkylation sites (N-methyl/N-ethyl adjacent to an activating group) is 1. The Morgan fingerprint density at radius 1 is 0.955 bits per heavy atom. The number of fused-ring (bicyclic) bond motifs is 2. The fourth-order valence-electron chi connectivity index (χ4n) is 8.58. The number of ketones is 3. The summed E-state index contributed by atoms with van der Waals surface area (Å²) in [6.07, 6.45) is -0.477. The molecule has 3 aromatic carbocycles. The van der Waals surface area contributed by atoms with Gasteiger partial charge in [-0.15, -0.1) is 0 Å². The minimum Gasteiger partial charge on any atom is -0.490 e. The number of benzene rings is 3. The van der Waals surface area contributed by atoms with E-state index in [9.17, 15) is 34.3 Å². The number of Topliss-reactive ketones (excluding diaryl/α,β-unsaturated/α-hetero) is 3. The lowest BCUT2D eigenvalue weighted by Gasteiger charge is -2.32. The second-order valence-corrected chi connectivity index (χ2v) is 18.7. The van der Waals surface area contributed by atoms with Gasteiger partial charge >= 0.3 is 0 Å². The summed E-state index contributed by atoms with van der Waals surface area (Å²) in [5.74, 6) is -2.96. The van der Waals surface area contributed by atoms with Crippen molar-refractivity contribution in [3.05, 3.63) is 94.3 Å². The number of carbonyl (C=O) groups excluding carboxylic acids is 5. The highest BCUT2D eigenvalue weighted by Gasteiger charge is 2.37. The van der Waals surface area contributed by atoms with Crippen LogP contribution in [-0.2, 0) is 31.0 Å². The third-order valence-electron chi connectivity index (χ3n) is 12.5. The molecule has 6 N–H and O–H groups in total. The zero-order chi connectivity index (χ0) is 48.1. The predicted octanol–water partition coefficient (Wildman–Crippen LogP) is 5.43. The lowest BCUT2D eigenvalue weighted by molar-refractivity contribution is -0.142. The normalized spacial score (nSPS) is 20.2. The van der Waals surface area contributed by atoms with E-state index < -0.39 is 47.1 Å². The molecule has 4 bridgehead atoms. The Morgan fingerprint density at radius 3 is 2.17 bits per heavy atom. The summed E-state index contributed by atoms with van der Waals surface area (Å²) in [7, 11) is 1.49. The molecule has 0 fully saturated rings. The number of hydrogen-bond acceptors (Lipinski definition) is 13. The van der Waals surface area contributed by atoms with Crippen molar-refractivity contribution in [3.8, 4) is 40.1 Å². The number of carbonyl (C=O) groups is 5. The summed E-state index contributed by atoms with van der Waals surface area (Å²) >= 11 is 0. The van der Waals surface area contributed by atoms with E-state index in [4.69, 9.17) is 30.9 Å². The van der Waals surface area contributed by atoms with Crippen LogP contribution in [0.4, 0.5) is 0 Å². The second kappa shape index (κ2) is 20.4. The van der Waals surface area contributed by atoms with E-state index >= 15 is 0 Å². The van der Waals surface area contributed by atoms with Gasteiger partial charge in [0.05, 0.1) is 29.1 Å². The molecule has 348 valence electrons. The molecule has 6 rings (SSSR count). The number of ether oxygens (including phenoxy) is 2. The summed E-state index contributed by atoms with van der Waals surface area (Å²) in [4.78, 5) is 81.8. The molecule has 0 radical (unpaired) electrons. The number of nitriles is 1. The number of hydrogen-bond donors (Lipinski definition) is 4. The van der Waals surface area contributed by atoms with Gasteiger partial charge in [0, 0.05) is 67.8 Å². The molecule has 2 aliphatic heterocycles. The highest BCUT2D eigenvalue weighted by Crippen LogP contribution is 2.42. The van der Waals surface area contributed by atoms with Gasteiger partial charge in [0.2, 0.25) is 11.8 Å². The first-order chi connectivity index (χ1) is 31.3. The predicted molar refractivity (Wildman–Crippen MR) is 248 cm³/mol. The standard InChI is InChI=1S/C51H61N7O8/c1-29-21-42(61)46(58(7)49(63)35(18-20-53)25-41(60)45-30(2)55-47(56-31(45)3)33-11-14-36(15-12-33)50(4,5)6)34-13-17-44-38(24-34)37-22-32(23-39(57-48(29)62)40(59)9-8-19-52)10-16-43(37)65-27-51(64,26-54)28-66-44/h10-17,22,24,29,35,39,46,64H,8-9,18,20-21,23,25-28,53-54H2,1-7H3,(H,57,62)/t29-,35-,39+,46+,51?/m1/s1. The first kappa shape index (κ1) is 49.1. The van der Waals surface area contributed by atoms with E-state index in [0.29, 0.717) is 56.5 Å². The Hall–Kier alpha value is -6.34. The minimum atomic E-state index is -1.56. The van der Waals surface area contributed by atoms with Crippen LogP contribution in [0, 0.1) is 37.0 Å². The molecule has 0 saturated carbocycles. The van der Waals surface area contributed by atoms with Crippen molar-refractivity contribution in [2.24, 2.45) is 23.3 Å². The van der Waals surface area contributed by atoms with Gasteiger partial charge in [-0.25, -0.2) is 9.97 Å².